The van der Waals surface area contributed by atoms with Crippen LogP contribution in [0.25, 0.3) is 0 Å². The molecule has 2 atom stereocenters. The molecule has 0 saturated carbocycles. The number of nitrogens with zero attached hydrogens (tertiary/aromatic N) is 1. The van der Waals surface area contributed by atoms with Crippen molar-refractivity contribution >= 4 is 0 Å². The van der Waals surface area contributed by atoms with E-state index in [1.807, 2.05) is 0 Å². The fraction of sp³-hybridized carbons (Fsp3) is 1.00. The van der Waals surface area contributed by atoms with Crippen LogP contribution in [0.1, 0.15) is 47.0 Å². The zero-order chi connectivity index (χ0) is 13.6. The molecule has 0 aromatic heterocycles. The van der Waals surface area contributed by atoms with Gasteiger partial charge in [0.25, 0.3) is 0 Å². The Bertz CT molecular complexity index is 233. The molecule has 0 amide bonds. The van der Waals surface area contributed by atoms with Crippen molar-refractivity contribution < 1.29 is 5.11 Å². The van der Waals surface area contributed by atoms with Crippen molar-refractivity contribution in [2.45, 2.75) is 53.0 Å². The highest BCUT2D eigenvalue weighted by Crippen LogP contribution is 2.26. The summed E-state index contributed by atoms with van der Waals surface area (Å²) in [5, 5.41) is 13.0. The van der Waals surface area contributed by atoms with Crippen LogP contribution in [-0.4, -0.2) is 48.8 Å². The lowest BCUT2D eigenvalue weighted by atomic mass is 9.86. The number of likely N-dealkylation sites (tertiary alicyclic amines) is 1. The van der Waals surface area contributed by atoms with Crippen molar-refractivity contribution in [1.29, 1.82) is 0 Å². The van der Waals surface area contributed by atoms with Crippen molar-refractivity contribution in [2.24, 2.45) is 11.3 Å². The molecule has 3 heteroatoms. The summed E-state index contributed by atoms with van der Waals surface area (Å²) in [6.45, 7) is 13.9. The molecule has 2 N–H and O–H groups in total. The second kappa shape index (κ2) is 7.46. The summed E-state index contributed by atoms with van der Waals surface area (Å²) in [5.41, 5.74) is 0.326. The van der Waals surface area contributed by atoms with E-state index in [4.69, 9.17) is 0 Å². The number of aliphatic hydroxyl groups excluding tert-OH is 1. The highest BCUT2D eigenvalue weighted by atomic mass is 16.3. The van der Waals surface area contributed by atoms with Crippen molar-refractivity contribution in [3.8, 4) is 0 Å². The maximum Gasteiger partial charge on any atom is 0.0586 e. The Morgan fingerprint density at radius 3 is 2.72 bits per heavy atom. The molecule has 0 aromatic carbocycles. The summed E-state index contributed by atoms with van der Waals surface area (Å²) in [4.78, 5) is 2.49. The summed E-state index contributed by atoms with van der Waals surface area (Å²) in [7, 11) is 0. The van der Waals surface area contributed by atoms with Gasteiger partial charge in [0.2, 0.25) is 0 Å². The van der Waals surface area contributed by atoms with Gasteiger partial charge in [-0.1, -0.05) is 27.7 Å². The molecule has 0 aromatic rings. The molecule has 1 aliphatic rings. The molecule has 0 spiro atoms. The number of hydrogen-bond donors (Lipinski definition) is 2. The third-order valence-electron chi connectivity index (χ3n) is 4.25. The molecule has 1 fully saturated rings. The Morgan fingerprint density at radius 2 is 2.17 bits per heavy atom. The van der Waals surface area contributed by atoms with Crippen LogP contribution in [0.5, 0.6) is 0 Å². The van der Waals surface area contributed by atoms with E-state index in [1.54, 1.807) is 0 Å². The molecule has 1 heterocycles. The largest absolute Gasteiger partial charge is 0.395 e. The molecule has 0 radical (unpaired) electrons. The fourth-order valence-corrected chi connectivity index (χ4v) is 2.76. The van der Waals surface area contributed by atoms with Gasteiger partial charge in [0.05, 0.1) is 6.61 Å². The lowest BCUT2D eigenvalue weighted by molar-refractivity contribution is 0.106. The normalized spacial score (nSPS) is 24.7. The van der Waals surface area contributed by atoms with E-state index in [-0.39, 0.29) is 0 Å². The van der Waals surface area contributed by atoms with Gasteiger partial charge >= 0.3 is 0 Å². The van der Waals surface area contributed by atoms with E-state index >= 15 is 0 Å². The summed E-state index contributed by atoms with van der Waals surface area (Å²) in [5.74, 6) is 0.711. The summed E-state index contributed by atoms with van der Waals surface area (Å²) in [6.07, 6.45) is 3.59. The van der Waals surface area contributed by atoms with Crippen LogP contribution in [0, 0.1) is 11.3 Å². The molecule has 1 saturated heterocycles. The third kappa shape index (κ3) is 4.87. The Morgan fingerprint density at radius 1 is 1.44 bits per heavy atom. The van der Waals surface area contributed by atoms with Crippen LogP contribution in [0.2, 0.25) is 0 Å². The van der Waals surface area contributed by atoms with E-state index in [1.165, 1.54) is 12.8 Å². The standard InChI is InChI=1S/C15H32N2O/c1-5-15(4,11-16-9-13(2)3)12-17-8-6-7-14(17)10-18/h13-14,16,18H,5-12H2,1-4H3. The van der Waals surface area contributed by atoms with Gasteiger partial charge in [-0.25, -0.2) is 0 Å². The Labute approximate surface area is 113 Å². The summed E-state index contributed by atoms with van der Waals surface area (Å²) < 4.78 is 0. The lowest BCUT2D eigenvalue weighted by Gasteiger charge is -2.36. The van der Waals surface area contributed by atoms with Crippen molar-refractivity contribution in [2.75, 3.05) is 32.8 Å². The van der Waals surface area contributed by atoms with Gasteiger partial charge < -0.3 is 10.4 Å². The van der Waals surface area contributed by atoms with Gasteiger partial charge in [-0.15, -0.1) is 0 Å². The minimum absolute atomic E-state index is 0.319. The molecule has 108 valence electrons. The smallest absolute Gasteiger partial charge is 0.0586 e. The first-order valence-electron chi connectivity index (χ1n) is 7.56. The average Bonchev–Trinajstić information content (AvgIpc) is 2.75. The van der Waals surface area contributed by atoms with Gasteiger partial charge in [-0.05, 0) is 43.7 Å². The molecule has 0 bridgehead atoms. The van der Waals surface area contributed by atoms with E-state index < -0.39 is 0 Å². The Kier molecular flexibility index (Phi) is 6.61. The maximum atomic E-state index is 9.40. The molecule has 18 heavy (non-hydrogen) atoms. The van der Waals surface area contributed by atoms with Crippen LogP contribution >= 0.6 is 0 Å². The van der Waals surface area contributed by atoms with Crippen LogP contribution in [-0.2, 0) is 0 Å². The fourth-order valence-electron chi connectivity index (χ4n) is 2.76. The first kappa shape index (κ1) is 15.9. The zero-order valence-corrected chi connectivity index (χ0v) is 12.7. The molecule has 1 aliphatic heterocycles. The predicted octanol–water partition coefficient (Wildman–Crippen LogP) is 2.11. The van der Waals surface area contributed by atoms with Gasteiger partial charge in [0.15, 0.2) is 0 Å². The second-order valence-corrected chi connectivity index (χ2v) is 6.64. The van der Waals surface area contributed by atoms with E-state index in [0.29, 0.717) is 24.0 Å². The maximum absolute atomic E-state index is 9.40. The molecular formula is C15H32N2O. The van der Waals surface area contributed by atoms with E-state index in [2.05, 4.69) is 37.9 Å². The SMILES string of the molecule is CCC(C)(CNCC(C)C)CN1CCCC1CO. The van der Waals surface area contributed by atoms with E-state index in [9.17, 15) is 5.11 Å². The van der Waals surface area contributed by atoms with Gasteiger partial charge in [-0.3, -0.25) is 4.90 Å². The molecule has 0 aliphatic carbocycles. The monoisotopic (exact) mass is 256 g/mol. The number of nitrogens with one attached hydrogen (secondary N) is 1. The lowest BCUT2D eigenvalue weighted by Crippen LogP contribution is -2.45. The quantitative estimate of drug-likeness (QED) is 0.698. The van der Waals surface area contributed by atoms with Crippen molar-refractivity contribution in [1.82, 2.24) is 10.2 Å². The van der Waals surface area contributed by atoms with E-state index in [0.717, 1.165) is 32.6 Å². The molecule has 1 rings (SSSR count). The van der Waals surface area contributed by atoms with Crippen LogP contribution in [0.4, 0.5) is 0 Å². The minimum atomic E-state index is 0.319. The van der Waals surface area contributed by atoms with Crippen LogP contribution in [0.15, 0.2) is 0 Å². The number of aliphatic hydroxyl groups is 1. The minimum Gasteiger partial charge on any atom is -0.395 e. The van der Waals surface area contributed by atoms with Crippen molar-refractivity contribution in [3.05, 3.63) is 0 Å². The highest BCUT2D eigenvalue weighted by molar-refractivity contribution is 4.86. The topological polar surface area (TPSA) is 35.5 Å². The van der Waals surface area contributed by atoms with Crippen LogP contribution < -0.4 is 5.32 Å². The zero-order valence-electron chi connectivity index (χ0n) is 12.7. The van der Waals surface area contributed by atoms with Gasteiger partial charge in [0.1, 0.15) is 0 Å². The van der Waals surface area contributed by atoms with Crippen LogP contribution in [0.3, 0.4) is 0 Å². The molecule has 3 nitrogen and oxygen atoms in total. The molecular weight excluding hydrogens is 224 g/mol. The average molecular weight is 256 g/mol. The van der Waals surface area contributed by atoms with Crippen molar-refractivity contribution in [3.63, 3.8) is 0 Å². The first-order valence-corrected chi connectivity index (χ1v) is 7.56. The van der Waals surface area contributed by atoms with Gasteiger partial charge in [-0.2, -0.15) is 0 Å². The summed E-state index contributed by atoms with van der Waals surface area (Å²) >= 11 is 0. The second-order valence-electron chi connectivity index (χ2n) is 6.64. The third-order valence-corrected chi connectivity index (χ3v) is 4.25. The first-order chi connectivity index (χ1) is 8.50. The summed E-state index contributed by atoms with van der Waals surface area (Å²) in [6, 6.07) is 0.404. The van der Waals surface area contributed by atoms with Gasteiger partial charge in [0, 0.05) is 19.1 Å². The number of rotatable bonds is 8. The Hall–Kier alpha value is -0.120. The predicted molar refractivity (Wildman–Crippen MR) is 77.8 cm³/mol. The molecule has 2 unspecified atom stereocenters. The highest BCUT2D eigenvalue weighted by Gasteiger charge is 2.31. The number of hydrogen-bond acceptors (Lipinski definition) is 3. The Balaban J connectivity index is 2.43.